The Morgan fingerprint density at radius 1 is 1.19 bits per heavy atom. The van der Waals surface area contributed by atoms with Crippen molar-refractivity contribution in [2.45, 2.75) is 6.04 Å². The summed E-state index contributed by atoms with van der Waals surface area (Å²) in [7, 11) is 0. The third kappa shape index (κ3) is 2.73. The molecule has 0 fully saturated rings. The number of anilines is 2. The van der Waals surface area contributed by atoms with Crippen LogP contribution in [0.2, 0.25) is 10.0 Å². The first-order valence-electron chi connectivity index (χ1n) is 5.97. The molecule has 0 aliphatic carbocycles. The van der Waals surface area contributed by atoms with Crippen molar-refractivity contribution in [3.8, 4) is 0 Å². The van der Waals surface area contributed by atoms with Gasteiger partial charge in [0.2, 0.25) is 0 Å². The van der Waals surface area contributed by atoms with Crippen molar-refractivity contribution in [3.63, 3.8) is 0 Å². The molecule has 1 amide bonds. The van der Waals surface area contributed by atoms with Crippen LogP contribution in [0.4, 0.5) is 15.8 Å². The maximum absolute atomic E-state index is 13.2. The van der Waals surface area contributed by atoms with Gasteiger partial charge in [0.25, 0.3) is 5.91 Å². The number of hydrogen-bond acceptors (Lipinski definition) is 2. The molecule has 108 valence electrons. The number of carbonyl (C=O) groups excluding carboxylic acids is 1. The quantitative estimate of drug-likeness (QED) is 0.758. The largest absolute Gasteiger partial charge is 0.368 e. The number of amides is 1. The molecule has 3 rings (SSSR count). The number of carbonyl (C=O) groups is 1. The van der Waals surface area contributed by atoms with Crippen molar-refractivity contribution in [3.05, 3.63) is 56.2 Å². The van der Waals surface area contributed by atoms with Gasteiger partial charge in [0.1, 0.15) is 11.9 Å². The smallest absolute Gasteiger partial charge is 0.251 e. The van der Waals surface area contributed by atoms with Gasteiger partial charge in [-0.15, -0.1) is 0 Å². The van der Waals surface area contributed by atoms with Crippen LogP contribution in [0.3, 0.4) is 0 Å². The lowest BCUT2D eigenvalue weighted by Gasteiger charge is -2.16. The van der Waals surface area contributed by atoms with Crippen LogP contribution in [0.15, 0.2) is 34.8 Å². The molecule has 0 spiro atoms. The molecule has 2 N–H and O–H groups in total. The van der Waals surface area contributed by atoms with Crippen LogP contribution < -0.4 is 10.6 Å². The van der Waals surface area contributed by atoms with Gasteiger partial charge in [0.05, 0.1) is 15.7 Å². The maximum Gasteiger partial charge on any atom is 0.251 e. The second-order valence-electron chi connectivity index (χ2n) is 4.54. The molecular formula is C14H8BrCl2FN2O. The van der Waals surface area contributed by atoms with E-state index in [1.165, 1.54) is 12.1 Å². The van der Waals surface area contributed by atoms with E-state index < -0.39 is 11.9 Å². The van der Waals surface area contributed by atoms with E-state index in [2.05, 4.69) is 26.6 Å². The minimum absolute atomic E-state index is 0.286. The Labute approximate surface area is 138 Å². The summed E-state index contributed by atoms with van der Waals surface area (Å²) < 4.78 is 13.9. The molecule has 0 saturated carbocycles. The predicted octanol–water partition coefficient (Wildman–Crippen LogP) is 5.00. The zero-order valence-electron chi connectivity index (χ0n) is 10.4. The van der Waals surface area contributed by atoms with E-state index in [0.717, 1.165) is 4.47 Å². The van der Waals surface area contributed by atoms with E-state index >= 15 is 0 Å². The lowest BCUT2D eigenvalue weighted by molar-refractivity contribution is -0.116. The van der Waals surface area contributed by atoms with Crippen LogP contribution in [0.1, 0.15) is 11.6 Å². The number of benzene rings is 2. The molecule has 1 atom stereocenters. The van der Waals surface area contributed by atoms with Gasteiger partial charge in [-0.3, -0.25) is 4.79 Å². The van der Waals surface area contributed by atoms with Crippen LogP contribution in [0, 0.1) is 5.82 Å². The minimum atomic E-state index is -0.670. The molecule has 2 aromatic carbocycles. The van der Waals surface area contributed by atoms with Gasteiger partial charge < -0.3 is 10.6 Å². The number of rotatable bonds is 2. The monoisotopic (exact) mass is 388 g/mol. The predicted molar refractivity (Wildman–Crippen MR) is 85.6 cm³/mol. The van der Waals surface area contributed by atoms with Crippen LogP contribution in [0.25, 0.3) is 0 Å². The molecule has 0 saturated heterocycles. The molecule has 21 heavy (non-hydrogen) atoms. The van der Waals surface area contributed by atoms with E-state index in [0.29, 0.717) is 27.0 Å². The molecule has 0 bridgehead atoms. The average molecular weight is 390 g/mol. The van der Waals surface area contributed by atoms with Crippen LogP contribution in [-0.4, -0.2) is 5.91 Å². The third-order valence-corrected chi connectivity index (χ3v) is 4.20. The van der Waals surface area contributed by atoms with E-state index in [1.807, 2.05) is 0 Å². The molecule has 1 aliphatic heterocycles. The fourth-order valence-corrected chi connectivity index (χ4v) is 3.52. The summed E-state index contributed by atoms with van der Waals surface area (Å²) in [5, 5.41) is 6.41. The van der Waals surface area contributed by atoms with Gasteiger partial charge in [-0.1, -0.05) is 45.2 Å². The Morgan fingerprint density at radius 2 is 1.86 bits per heavy atom. The van der Waals surface area contributed by atoms with Crippen molar-refractivity contribution >= 4 is 56.4 Å². The summed E-state index contributed by atoms with van der Waals surface area (Å²) in [5.74, 6) is -0.694. The third-order valence-electron chi connectivity index (χ3n) is 3.14. The topological polar surface area (TPSA) is 41.1 Å². The van der Waals surface area contributed by atoms with Gasteiger partial charge in [-0.25, -0.2) is 4.39 Å². The van der Waals surface area contributed by atoms with E-state index in [4.69, 9.17) is 23.2 Å². The maximum atomic E-state index is 13.2. The first kappa shape index (κ1) is 14.6. The summed E-state index contributed by atoms with van der Waals surface area (Å²) in [6, 6.07) is 6.82. The van der Waals surface area contributed by atoms with Crippen LogP contribution in [-0.2, 0) is 4.79 Å². The Kier molecular flexibility index (Phi) is 3.82. The summed E-state index contributed by atoms with van der Waals surface area (Å²) in [6.45, 7) is 0. The van der Waals surface area contributed by atoms with Crippen molar-refractivity contribution in [1.29, 1.82) is 0 Å². The van der Waals surface area contributed by atoms with Gasteiger partial charge in [-0.2, -0.15) is 0 Å². The van der Waals surface area contributed by atoms with Crippen molar-refractivity contribution in [1.82, 2.24) is 0 Å². The van der Waals surface area contributed by atoms with Crippen molar-refractivity contribution in [2.75, 3.05) is 10.6 Å². The van der Waals surface area contributed by atoms with Gasteiger partial charge >= 0.3 is 0 Å². The first-order valence-corrected chi connectivity index (χ1v) is 7.52. The van der Waals surface area contributed by atoms with Crippen LogP contribution in [0.5, 0.6) is 0 Å². The van der Waals surface area contributed by atoms with Crippen molar-refractivity contribution in [2.24, 2.45) is 0 Å². The molecule has 3 nitrogen and oxygen atoms in total. The number of halogens is 4. The Morgan fingerprint density at radius 3 is 2.52 bits per heavy atom. The molecule has 1 heterocycles. The summed E-state index contributed by atoms with van der Waals surface area (Å²) >= 11 is 15.6. The molecule has 1 aliphatic rings. The average Bonchev–Trinajstić information content (AvgIpc) is 2.68. The second-order valence-corrected chi connectivity index (χ2v) is 6.27. The fourth-order valence-electron chi connectivity index (χ4n) is 2.20. The Balaban J connectivity index is 1.99. The molecule has 1 unspecified atom stereocenters. The highest BCUT2D eigenvalue weighted by atomic mass is 79.9. The summed E-state index contributed by atoms with van der Waals surface area (Å²) in [5.41, 5.74) is 1.55. The Hall–Kier alpha value is -1.30. The van der Waals surface area contributed by atoms with E-state index in [1.54, 1.807) is 18.2 Å². The zero-order valence-corrected chi connectivity index (χ0v) is 13.5. The van der Waals surface area contributed by atoms with E-state index in [-0.39, 0.29) is 5.91 Å². The lowest BCUT2D eigenvalue weighted by atomic mass is 10.1. The van der Waals surface area contributed by atoms with E-state index in [9.17, 15) is 9.18 Å². The van der Waals surface area contributed by atoms with Gasteiger partial charge in [-0.05, 0) is 24.3 Å². The van der Waals surface area contributed by atoms with Crippen LogP contribution >= 0.6 is 39.1 Å². The highest BCUT2D eigenvalue weighted by Crippen LogP contribution is 2.39. The normalized spacial score (nSPS) is 16.6. The zero-order chi connectivity index (χ0) is 15.1. The number of hydrogen-bond donors (Lipinski definition) is 2. The standard InChI is InChI=1S/C14H8BrCl2FN2O/c15-6-3-9(16)13(10(17)4-6)20-12-8-2-1-7(18)5-11(8)19-14(12)21/h1-5,12,20H,(H,19,21). The SMILES string of the molecule is O=C1Nc2cc(F)ccc2C1Nc1c(Cl)cc(Br)cc1Cl. The highest BCUT2D eigenvalue weighted by Gasteiger charge is 2.31. The molecular weight excluding hydrogens is 382 g/mol. The summed E-state index contributed by atoms with van der Waals surface area (Å²) in [4.78, 5) is 12.0. The highest BCUT2D eigenvalue weighted by molar-refractivity contribution is 9.10. The molecule has 0 aromatic heterocycles. The molecule has 2 aromatic rings. The Bertz CT molecular complexity index is 731. The number of fused-ring (bicyclic) bond motifs is 1. The first-order chi connectivity index (χ1) is 9.95. The summed E-state index contributed by atoms with van der Waals surface area (Å²) in [6.07, 6.45) is 0. The lowest BCUT2D eigenvalue weighted by Crippen LogP contribution is -2.20. The molecule has 7 heteroatoms. The number of nitrogens with one attached hydrogen (secondary N) is 2. The fraction of sp³-hybridized carbons (Fsp3) is 0.0714. The second kappa shape index (κ2) is 5.48. The van der Waals surface area contributed by atoms with Gasteiger partial charge in [0.15, 0.2) is 0 Å². The minimum Gasteiger partial charge on any atom is -0.368 e. The van der Waals surface area contributed by atoms with Gasteiger partial charge in [0, 0.05) is 15.7 Å². The van der Waals surface area contributed by atoms with Crippen molar-refractivity contribution < 1.29 is 9.18 Å². The molecule has 0 radical (unpaired) electrons.